The second-order valence-corrected chi connectivity index (χ2v) is 5.18. The summed E-state index contributed by atoms with van der Waals surface area (Å²) in [4.78, 5) is 23.0. The van der Waals surface area contributed by atoms with E-state index in [1.165, 1.54) is 10.4 Å². The summed E-state index contributed by atoms with van der Waals surface area (Å²) < 4.78 is 0. The summed E-state index contributed by atoms with van der Waals surface area (Å²) in [7, 11) is 0. The van der Waals surface area contributed by atoms with Crippen LogP contribution in [0.1, 0.15) is 36.6 Å². The number of carboxylic acids is 1. The molecule has 1 aromatic rings. The first-order valence-electron chi connectivity index (χ1n) is 6.42. The Kier molecular flexibility index (Phi) is 6.95. The van der Waals surface area contributed by atoms with E-state index in [-0.39, 0.29) is 12.5 Å². The fourth-order valence-corrected chi connectivity index (χ4v) is 2.58. The van der Waals surface area contributed by atoms with Crippen molar-refractivity contribution in [3.05, 3.63) is 21.9 Å². The van der Waals surface area contributed by atoms with Crippen LogP contribution in [0.3, 0.4) is 0 Å². The van der Waals surface area contributed by atoms with Crippen LogP contribution < -0.4 is 10.6 Å². The van der Waals surface area contributed by atoms with Crippen LogP contribution in [-0.4, -0.2) is 23.7 Å². The van der Waals surface area contributed by atoms with Gasteiger partial charge in [0.15, 0.2) is 0 Å². The Morgan fingerprint density at radius 1 is 1.32 bits per heavy atom. The molecule has 0 radical (unpaired) electrons. The maximum Gasteiger partial charge on any atom is 0.315 e. The molecule has 3 N–H and O–H groups in total. The van der Waals surface area contributed by atoms with Crippen LogP contribution in [0.4, 0.5) is 4.79 Å². The molecule has 0 spiro atoms. The maximum atomic E-state index is 11.5. The minimum absolute atomic E-state index is 0.151. The van der Waals surface area contributed by atoms with Gasteiger partial charge in [-0.15, -0.1) is 11.3 Å². The number of rotatable bonds is 8. The van der Waals surface area contributed by atoms with Crippen molar-refractivity contribution in [2.75, 3.05) is 6.54 Å². The average molecular weight is 284 g/mol. The standard InChI is InChI=1S/C13H20N2O3S/c1-2-10-6-8-19-11(10)9-15-13(18)14-7-4-3-5-12(16)17/h6,8H,2-5,7,9H2,1H3,(H,16,17)(H2,14,15,18). The first-order valence-corrected chi connectivity index (χ1v) is 7.30. The minimum atomic E-state index is -0.797. The lowest BCUT2D eigenvalue weighted by molar-refractivity contribution is -0.137. The zero-order chi connectivity index (χ0) is 14.1. The van der Waals surface area contributed by atoms with Gasteiger partial charge in [-0.2, -0.15) is 0 Å². The van der Waals surface area contributed by atoms with Crippen LogP contribution in [0.5, 0.6) is 0 Å². The zero-order valence-corrected chi connectivity index (χ0v) is 11.9. The van der Waals surface area contributed by atoms with E-state index in [1.54, 1.807) is 11.3 Å². The van der Waals surface area contributed by atoms with Gasteiger partial charge in [0.25, 0.3) is 0 Å². The normalized spacial score (nSPS) is 10.2. The molecule has 106 valence electrons. The largest absolute Gasteiger partial charge is 0.481 e. The van der Waals surface area contributed by atoms with Crippen molar-refractivity contribution < 1.29 is 14.7 Å². The summed E-state index contributed by atoms with van der Waals surface area (Å²) in [5, 5.41) is 16.0. The van der Waals surface area contributed by atoms with Crippen molar-refractivity contribution in [3.63, 3.8) is 0 Å². The lowest BCUT2D eigenvalue weighted by Gasteiger charge is -2.07. The second kappa shape index (κ2) is 8.53. The highest BCUT2D eigenvalue weighted by Crippen LogP contribution is 2.16. The van der Waals surface area contributed by atoms with E-state index < -0.39 is 5.97 Å². The summed E-state index contributed by atoms with van der Waals surface area (Å²) >= 11 is 1.64. The van der Waals surface area contributed by atoms with E-state index in [9.17, 15) is 9.59 Å². The molecule has 0 saturated carbocycles. The van der Waals surface area contributed by atoms with Crippen molar-refractivity contribution in [2.24, 2.45) is 0 Å². The van der Waals surface area contributed by atoms with Gasteiger partial charge in [0.2, 0.25) is 0 Å². The van der Waals surface area contributed by atoms with Crippen molar-refractivity contribution in [1.29, 1.82) is 0 Å². The first kappa shape index (κ1) is 15.5. The quantitative estimate of drug-likeness (QED) is 0.641. The molecule has 0 aromatic carbocycles. The molecule has 19 heavy (non-hydrogen) atoms. The Hall–Kier alpha value is -1.56. The highest BCUT2D eigenvalue weighted by Gasteiger charge is 2.05. The molecular weight excluding hydrogens is 264 g/mol. The number of unbranched alkanes of at least 4 members (excludes halogenated alkanes) is 1. The van der Waals surface area contributed by atoms with E-state index >= 15 is 0 Å². The third-order valence-corrected chi connectivity index (χ3v) is 3.69. The summed E-state index contributed by atoms with van der Waals surface area (Å²) in [6.07, 6.45) is 2.38. The summed E-state index contributed by atoms with van der Waals surface area (Å²) in [5.41, 5.74) is 1.27. The number of hydrogen-bond donors (Lipinski definition) is 3. The lowest BCUT2D eigenvalue weighted by Crippen LogP contribution is -2.35. The topological polar surface area (TPSA) is 78.4 Å². The minimum Gasteiger partial charge on any atom is -0.481 e. The highest BCUT2D eigenvalue weighted by molar-refractivity contribution is 7.10. The molecule has 5 nitrogen and oxygen atoms in total. The molecule has 0 fully saturated rings. The van der Waals surface area contributed by atoms with E-state index in [4.69, 9.17) is 5.11 Å². The van der Waals surface area contributed by atoms with Gasteiger partial charge in [-0.05, 0) is 36.3 Å². The molecule has 6 heteroatoms. The Morgan fingerprint density at radius 3 is 2.79 bits per heavy atom. The number of carbonyl (C=O) groups excluding carboxylic acids is 1. The number of urea groups is 1. The van der Waals surface area contributed by atoms with Crippen molar-refractivity contribution in [2.45, 2.75) is 39.2 Å². The number of thiophene rings is 1. The Labute approximate surface area is 117 Å². The second-order valence-electron chi connectivity index (χ2n) is 4.18. The third-order valence-electron chi connectivity index (χ3n) is 2.73. The summed E-state index contributed by atoms with van der Waals surface area (Å²) in [6.45, 7) is 3.14. The number of carbonyl (C=O) groups is 2. The monoisotopic (exact) mass is 284 g/mol. The number of carboxylic acid groups (broad SMARTS) is 1. The molecule has 0 atom stereocenters. The fourth-order valence-electron chi connectivity index (χ4n) is 1.66. The van der Waals surface area contributed by atoms with Crippen LogP contribution in [0.25, 0.3) is 0 Å². The van der Waals surface area contributed by atoms with Crippen molar-refractivity contribution in [1.82, 2.24) is 10.6 Å². The van der Waals surface area contributed by atoms with Gasteiger partial charge in [0, 0.05) is 17.8 Å². The number of hydrogen-bond acceptors (Lipinski definition) is 3. The zero-order valence-electron chi connectivity index (χ0n) is 11.1. The van der Waals surface area contributed by atoms with Gasteiger partial charge in [-0.25, -0.2) is 4.79 Å². The van der Waals surface area contributed by atoms with E-state index in [1.807, 2.05) is 5.38 Å². The Morgan fingerprint density at radius 2 is 2.11 bits per heavy atom. The summed E-state index contributed by atoms with van der Waals surface area (Å²) in [6, 6.07) is 1.87. The molecule has 2 amide bonds. The van der Waals surface area contributed by atoms with Gasteiger partial charge >= 0.3 is 12.0 Å². The van der Waals surface area contributed by atoms with Crippen molar-refractivity contribution in [3.8, 4) is 0 Å². The smallest absolute Gasteiger partial charge is 0.315 e. The molecule has 1 heterocycles. The SMILES string of the molecule is CCc1ccsc1CNC(=O)NCCCCC(=O)O. The van der Waals surface area contributed by atoms with Gasteiger partial charge in [-0.1, -0.05) is 6.92 Å². The van der Waals surface area contributed by atoms with Crippen LogP contribution in [0, 0.1) is 0 Å². The molecule has 0 aliphatic rings. The average Bonchev–Trinajstić information content (AvgIpc) is 2.83. The molecular formula is C13H20N2O3S. The third kappa shape index (κ3) is 6.24. The number of aliphatic carboxylic acids is 1. The van der Waals surface area contributed by atoms with E-state index in [2.05, 4.69) is 23.6 Å². The van der Waals surface area contributed by atoms with Crippen LogP contribution in [0.2, 0.25) is 0 Å². The predicted octanol–water partition coefficient (Wildman–Crippen LogP) is 2.36. The van der Waals surface area contributed by atoms with Crippen LogP contribution in [0.15, 0.2) is 11.4 Å². The molecule has 0 bridgehead atoms. The molecule has 0 saturated heterocycles. The maximum absolute atomic E-state index is 11.5. The highest BCUT2D eigenvalue weighted by atomic mass is 32.1. The summed E-state index contributed by atoms with van der Waals surface area (Å²) in [5.74, 6) is -0.797. The van der Waals surface area contributed by atoms with Crippen LogP contribution >= 0.6 is 11.3 Å². The fraction of sp³-hybridized carbons (Fsp3) is 0.538. The lowest BCUT2D eigenvalue weighted by atomic mass is 10.2. The Balaban J connectivity index is 2.13. The van der Waals surface area contributed by atoms with Gasteiger partial charge in [-0.3, -0.25) is 4.79 Å². The van der Waals surface area contributed by atoms with Gasteiger partial charge < -0.3 is 15.7 Å². The predicted molar refractivity (Wildman–Crippen MR) is 75.4 cm³/mol. The van der Waals surface area contributed by atoms with Crippen LogP contribution in [-0.2, 0) is 17.8 Å². The van der Waals surface area contributed by atoms with Gasteiger partial charge in [0.1, 0.15) is 0 Å². The molecule has 0 aliphatic heterocycles. The number of nitrogens with one attached hydrogen (secondary N) is 2. The Bertz CT molecular complexity index is 418. The van der Waals surface area contributed by atoms with Gasteiger partial charge in [0.05, 0.1) is 6.54 Å². The van der Waals surface area contributed by atoms with Crippen molar-refractivity contribution >= 4 is 23.3 Å². The number of aryl methyl sites for hydroxylation is 1. The first-order chi connectivity index (χ1) is 9.13. The molecule has 1 rings (SSSR count). The number of amides is 2. The van der Waals surface area contributed by atoms with E-state index in [0.29, 0.717) is 25.9 Å². The molecule has 0 aliphatic carbocycles. The van der Waals surface area contributed by atoms with E-state index in [0.717, 1.165) is 6.42 Å². The molecule has 1 aromatic heterocycles. The molecule has 0 unspecified atom stereocenters.